The highest BCUT2D eigenvalue weighted by molar-refractivity contribution is 6.80. The standard InChI is InChI=1S/C25H21O3Si/c1-26-29(24-16-12-22(13-17-24)27-20-8-4-2-5-9-20)25-18-14-23(15-19-25)28-21-10-6-3-7-11-21/h2-19H,1H3/q+1. The van der Waals surface area contributed by atoms with Gasteiger partial charge in [0, 0.05) is 0 Å². The predicted molar refractivity (Wildman–Crippen MR) is 118 cm³/mol. The van der Waals surface area contributed by atoms with Gasteiger partial charge in [0.2, 0.25) is 0 Å². The average molecular weight is 398 g/mol. The molecule has 0 aliphatic carbocycles. The Morgan fingerprint density at radius 1 is 0.448 bits per heavy atom. The second-order valence-corrected chi connectivity index (χ2v) is 8.63. The van der Waals surface area contributed by atoms with Gasteiger partial charge in [-0.3, -0.25) is 0 Å². The van der Waals surface area contributed by atoms with Gasteiger partial charge in [0.15, 0.2) is 0 Å². The molecule has 0 aliphatic heterocycles. The van der Waals surface area contributed by atoms with Crippen LogP contribution >= 0.6 is 0 Å². The first kappa shape index (κ1) is 19.0. The van der Waals surface area contributed by atoms with Crippen molar-refractivity contribution >= 4 is 19.4 Å². The van der Waals surface area contributed by atoms with Crippen molar-refractivity contribution in [2.45, 2.75) is 0 Å². The maximum absolute atomic E-state index is 5.88. The summed E-state index contributed by atoms with van der Waals surface area (Å²) in [6.45, 7) is 0. The molecule has 0 N–H and O–H groups in total. The van der Waals surface area contributed by atoms with Crippen molar-refractivity contribution < 1.29 is 13.9 Å². The minimum Gasteiger partial charge on any atom is -0.457 e. The highest BCUT2D eigenvalue weighted by Gasteiger charge is 2.34. The minimum absolute atomic E-state index is 0.809. The van der Waals surface area contributed by atoms with Crippen LogP contribution in [0.1, 0.15) is 0 Å². The smallest absolute Gasteiger partial charge is 0.457 e. The number of hydrogen-bond acceptors (Lipinski definition) is 3. The van der Waals surface area contributed by atoms with E-state index >= 15 is 0 Å². The minimum atomic E-state index is -1.33. The fourth-order valence-corrected chi connectivity index (χ4v) is 4.74. The SMILES string of the molecule is CO[Si+](c1ccc(Oc2ccccc2)cc1)c1ccc(Oc2ccccc2)cc1. The van der Waals surface area contributed by atoms with Gasteiger partial charge < -0.3 is 9.47 Å². The van der Waals surface area contributed by atoms with Crippen molar-refractivity contribution in [2.24, 2.45) is 0 Å². The summed E-state index contributed by atoms with van der Waals surface area (Å²) in [5.41, 5.74) is 0. The average Bonchev–Trinajstić information content (AvgIpc) is 2.78. The fraction of sp³-hybridized carbons (Fsp3) is 0.0400. The van der Waals surface area contributed by atoms with Crippen LogP contribution in [0.3, 0.4) is 0 Å². The van der Waals surface area contributed by atoms with Gasteiger partial charge in [-0.2, -0.15) is 0 Å². The first-order valence-corrected chi connectivity index (χ1v) is 10.8. The normalized spacial score (nSPS) is 10.4. The van der Waals surface area contributed by atoms with E-state index in [4.69, 9.17) is 13.9 Å². The highest BCUT2D eigenvalue weighted by atomic mass is 28.3. The monoisotopic (exact) mass is 397 g/mol. The summed E-state index contributed by atoms with van der Waals surface area (Å²) in [6, 6.07) is 35.8. The molecule has 0 heterocycles. The second-order valence-electron chi connectivity index (χ2n) is 6.41. The molecule has 142 valence electrons. The lowest BCUT2D eigenvalue weighted by atomic mass is 10.3. The van der Waals surface area contributed by atoms with E-state index in [9.17, 15) is 0 Å². The molecule has 0 aliphatic rings. The van der Waals surface area contributed by atoms with Crippen molar-refractivity contribution in [3.05, 3.63) is 109 Å². The van der Waals surface area contributed by atoms with Crippen LogP contribution in [-0.4, -0.2) is 16.2 Å². The maximum Gasteiger partial charge on any atom is 0.551 e. The van der Waals surface area contributed by atoms with E-state index < -0.39 is 9.04 Å². The van der Waals surface area contributed by atoms with E-state index in [1.165, 1.54) is 0 Å². The van der Waals surface area contributed by atoms with Gasteiger partial charge >= 0.3 is 9.04 Å². The quantitative estimate of drug-likeness (QED) is 0.410. The van der Waals surface area contributed by atoms with Crippen LogP contribution in [0.25, 0.3) is 0 Å². The van der Waals surface area contributed by atoms with E-state index in [0.717, 1.165) is 33.4 Å². The first-order chi connectivity index (χ1) is 14.3. The van der Waals surface area contributed by atoms with Gasteiger partial charge in [0.1, 0.15) is 33.4 Å². The van der Waals surface area contributed by atoms with Crippen LogP contribution in [0.5, 0.6) is 23.0 Å². The zero-order chi connectivity index (χ0) is 19.9. The Morgan fingerprint density at radius 3 is 1.14 bits per heavy atom. The summed E-state index contributed by atoms with van der Waals surface area (Å²) in [4.78, 5) is 0. The third kappa shape index (κ3) is 4.93. The molecule has 0 bridgehead atoms. The van der Waals surface area contributed by atoms with Crippen molar-refractivity contribution in [3.8, 4) is 23.0 Å². The molecule has 4 aromatic carbocycles. The third-order valence-corrected chi connectivity index (χ3v) is 6.52. The summed E-state index contributed by atoms with van der Waals surface area (Å²) in [6.07, 6.45) is 0. The first-order valence-electron chi connectivity index (χ1n) is 9.39. The van der Waals surface area contributed by atoms with Gasteiger partial charge in [0.05, 0.1) is 7.11 Å². The lowest BCUT2D eigenvalue weighted by molar-refractivity contribution is 0.439. The number of rotatable bonds is 7. The Bertz CT molecular complexity index is 932. The van der Waals surface area contributed by atoms with Gasteiger partial charge in [-0.1, -0.05) is 36.4 Å². The molecular weight excluding hydrogens is 376 g/mol. The van der Waals surface area contributed by atoms with Crippen LogP contribution in [0.15, 0.2) is 109 Å². The number of benzene rings is 4. The Balaban J connectivity index is 1.46. The van der Waals surface area contributed by atoms with Gasteiger partial charge in [-0.25, -0.2) is 4.43 Å². The van der Waals surface area contributed by atoms with E-state index in [-0.39, 0.29) is 0 Å². The molecule has 0 fully saturated rings. The third-order valence-electron chi connectivity index (χ3n) is 4.39. The Kier molecular flexibility index (Phi) is 6.05. The predicted octanol–water partition coefficient (Wildman–Crippen LogP) is 5.02. The molecule has 0 radical (unpaired) electrons. The zero-order valence-electron chi connectivity index (χ0n) is 16.1. The van der Waals surface area contributed by atoms with Gasteiger partial charge in [0.25, 0.3) is 0 Å². The van der Waals surface area contributed by atoms with E-state index in [0.29, 0.717) is 0 Å². The van der Waals surface area contributed by atoms with E-state index in [1.54, 1.807) is 7.11 Å². The molecular formula is C25H21O3Si+. The molecule has 0 atom stereocenters. The Morgan fingerprint density at radius 2 is 0.793 bits per heavy atom. The lowest BCUT2D eigenvalue weighted by Crippen LogP contribution is -2.43. The number of hydrogen-bond donors (Lipinski definition) is 0. The zero-order valence-corrected chi connectivity index (χ0v) is 17.1. The molecule has 3 nitrogen and oxygen atoms in total. The summed E-state index contributed by atoms with van der Waals surface area (Å²) in [5.74, 6) is 3.27. The van der Waals surface area contributed by atoms with Crippen LogP contribution in [-0.2, 0) is 4.43 Å². The number of para-hydroxylation sites is 2. The molecule has 0 saturated carbocycles. The molecule has 4 heteroatoms. The van der Waals surface area contributed by atoms with E-state index in [1.807, 2.05) is 84.9 Å². The van der Waals surface area contributed by atoms with Crippen LogP contribution < -0.4 is 19.8 Å². The molecule has 4 aromatic rings. The topological polar surface area (TPSA) is 27.7 Å². The fourth-order valence-electron chi connectivity index (χ4n) is 3.00. The molecule has 4 rings (SSSR count). The van der Waals surface area contributed by atoms with Crippen molar-refractivity contribution in [2.75, 3.05) is 7.11 Å². The molecule has 29 heavy (non-hydrogen) atoms. The van der Waals surface area contributed by atoms with E-state index in [2.05, 4.69) is 24.3 Å². The van der Waals surface area contributed by atoms with Crippen molar-refractivity contribution in [1.29, 1.82) is 0 Å². The summed E-state index contributed by atoms with van der Waals surface area (Å²) >= 11 is 0. The summed E-state index contributed by atoms with van der Waals surface area (Å²) in [7, 11) is 0.434. The lowest BCUT2D eigenvalue weighted by Gasteiger charge is -2.07. The second kappa shape index (κ2) is 9.23. The number of ether oxygens (including phenoxy) is 2. The van der Waals surface area contributed by atoms with Crippen molar-refractivity contribution in [1.82, 2.24) is 0 Å². The Labute approximate surface area is 172 Å². The summed E-state index contributed by atoms with van der Waals surface area (Å²) < 4.78 is 17.6. The molecule has 0 amide bonds. The molecule has 0 aromatic heterocycles. The maximum atomic E-state index is 5.88. The Hall–Kier alpha value is -3.34. The molecule has 0 unspecified atom stereocenters. The van der Waals surface area contributed by atoms with Crippen molar-refractivity contribution in [3.63, 3.8) is 0 Å². The van der Waals surface area contributed by atoms with Gasteiger partial charge in [-0.15, -0.1) is 0 Å². The van der Waals surface area contributed by atoms with Crippen LogP contribution in [0, 0.1) is 0 Å². The molecule has 0 saturated heterocycles. The van der Waals surface area contributed by atoms with Crippen LogP contribution in [0.2, 0.25) is 0 Å². The summed E-state index contributed by atoms with van der Waals surface area (Å²) in [5, 5.41) is 2.32. The highest BCUT2D eigenvalue weighted by Crippen LogP contribution is 2.21. The van der Waals surface area contributed by atoms with Crippen LogP contribution in [0.4, 0.5) is 0 Å². The van der Waals surface area contributed by atoms with Gasteiger partial charge in [-0.05, 0) is 72.8 Å². The largest absolute Gasteiger partial charge is 0.551 e. The molecule has 0 spiro atoms.